The molecule has 1 unspecified atom stereocenters. The number of carbonyl (C=O) groups is 1. The minimum absolute atomic E-state index is 0.167. The Hall–Kier alpha value is -1.35. The van der Waals surface area contributed by atoms with Crippen LogP contribution in [0.2, 0.25) is 0 Å². The molecule has 0 bridgehead atoms. The topological polar surface area (TPSA) is 40.5 Å². The van der Waals surface area contributed by atoms with Crippen molar-refractivity contribution >= 4 is 5.97 Å². The highest BCUT2D eigenvalue weighted by molar-refractivity contribution is 5.66. The van der Waals surface area contributed by atoms with Gasteiger partial charge in [0.2, 0.25) is 0 Å². The SMILES string of the molecule is Cc1ccc(C(CCC(=O)O)N(C)C)c(C)c1C. The van der Waals surface area contributed by atoms with Gasteiger partial charge in [-0.2, -0.15) is 0 Å². The van der Waals surface area contributed by atoms with E-state index in [-0.39, 0.29) is 12.5 Å². The number of carboxylic acids is 1. The van der Waals surface area contributed by atoms with E-state index in [0.717, 1.165) is 0 Å². The first-order valence-electron chi connectivity index (χ1n) is 6.29. The molecule has 0 amide bonds. The third-order valence-electron chi connectivity index (χ3n) is 3.71. The molecular formula is C15H23NO2. The molecule has 0 fully saturated rings. The second-order valence-corrected chi connectivity index (χ2v) is 5.13. The lowest BCUT2D eigenvalue weighted by Crippen LogP contribution is -2.22. The summed E-state index contributed by atoms with van der Waals surface area (Å²) in [5, 5.41) is 8.84. The standard InChI is InChI=1S/C15H23NO2/c1-10-6-7-13(12(3)11(10)2)14(16(4)5)8-9-15(17)18/h6-7,14H,8-9H2,1-5H3,(H,17,18). The van der Waals surface area contributed by atoms with Gasteiger partial charge in [0.1, 0.15) is 0 Å². The first kappa shape index (κ1) is 14.7. The van der Waals surface area contributed by atoms with Crippen molar-refractivity contribution in [3.63, 3.8) is 0 Å². The maximum atomic E-state index is 10.7. The molecule has 0 aliphatic rings. The summed E-state index contributed by atoms with van der Waals surface area (Å²) in [7, 11) is 4.00. The Morgan fingerprint density at radius 1 is 1.22 bits per heavy atom. The van der Waals surface area contributed by atoms with E-state index in [4.69, 9.17) is 5.11 Å². The van der Waals surface area contributed by atoms with Gasteiger partial charge in [0.05, 0.1) is 0 Å². The average molecular weight is 249 g/mol. The predicted octanol–water partition coefficient (Wildman–Crippen LogP) is 3.08. The molecule has 3 nitrogen and oxygen atoms in total. The monoisotopic (exact) mass is 249 g/mol. The van der Waals surface area contributed by atoms with Crippen LogP contribution in [-0.2, 0) is 4.79 Å². The van der Waals surface area contributed by atoms with E-state index in [9.17, 15) is 4.79 Å². The van der Waals surface area contributed by atoms with Crippen molar-refractivity contribution in [2.45, 2.75) is 39.7 Å². The van der Waals surface area contributed by atoms with Crippen LogP contribution in [0.4, 0.5) is 0 Å². The Bertz CT molecular complexity index is 438. The molecular weight excluding hydrogens is 226 g/mol. The van der Waals surface area contributed by atoms with E-state index in [1.165, 1.54) is 22.3 Å². The molecule has 3 heteroatoms. The largest absolute Gasteiger partial charge is 0.481 e. The molecule has 0 spiro atoms. The van der Waals surface area contributed by atoms with Gasteiger partial charge in [-0.25, -0.2) is 0 Å². The number of benzene rings is 1. The van der Waals surface area contributed by atoms with Crippen LogP contribution in [0.15, 0.2) is 12.1 Å². The first-order valence-corrected chi connectivity index (χ1v) is 6.29. The number of nitrogens with zero attached hydrogens (tertiary/aromatic N) is 1. The van der Waals surface area contributed by atoms with E-state index in [1.807, 2.05) is 14.1 Å². The maximum absolute atomic E-state index is 10.7. The van der Waals surface area contributed by atoms with E-state index >= 15 is 0 Å². The summed E-state index contributed by atoms with van der Waals surface area (Å²) in [4.78, 5) is 12.8. The number of hydrogen-bond acceptors (Lipinski definition) is 2. The zero-order chi connectivity index (χ0) is 13.9. The van der Waals surface area contributed by atoms with E-state index in [2.05, 4.69) is 37.8 Å². The average Bonchev–Trinajstić information content (AvgIpc) is 2.28. The molecule has 0 aliphatic heterocycles. The highest BCUT2D eigenvalue weighted by Crippen LogP contribution is 2.29. The second kappa shape index (κ2) is 6.01. The Kier molecular flexibility index (Phi) is 4.91. The molecule has 0 aliphatic carbocycles. The van der Waals surface area contributed by atoms with Gasteiger partial charge in [0.25, 0.3) is 0 Å². The van der Waals surface area contributed by atoms with Gasteiger partial charge in [-0.1, -0.05) is 12.1 Å². The van der Waals surface area contributed by atoms with Gasteiger partial charge in [-0.15, -0.1) is 0 Å². The fourth-order valence-corrected chi connectivity index (χ4v) is 2.29. The summed E-state index contributed by atoms with van der Waals surface area (Å²) in [6.45, 7) is 6.35. The fourth-order valence-electron chi connectivity index (χ4n) is 2.29. The molecule has 0 aromatic heterocycles. The molecule has 0 saturated carbocycles. The van der Waals surface area contributed by atoms with Gasteiger partial charge in [-0.3, -0.25) is 4.79 Å². The molecule has 1 aromatic rings. The molecule has 0 heterocycles. The Balaban J connectivity index is 3.06. The first-order chi connectivity index (χ1) is 8.34. The number of rotatable bonds is 5. The lowest BCUT2D eigenvalue weighted by molar-refractivity contribution is -0.137. The fraction of sp³-hybridized carbons (Fsp3) is 0.533. The zero-order valence-corrected chi connectivity index (χ0v) is 11.9. The molecule has 1 atom stereocenters. The third-order valence-corrected chi connectivity index (χ3v) is 3.71. The molecule has 1 N–H and O–H groups in total. The van der Waals surface area contributed by atoms with Crippen molar-refractivity contribution < 1.29 is 9.90 Å². The number of carboxylic acid groups (broad SMARTS) is 1. The molecule has 1 aromatic carbocycles. The lowest BCUT2D eigenvalue weighted by Gasteiger charge is -2.27. The minimum Gasteiger partial charge on any atom is -0.481 e. The molecule has 0 radical (unpaired) electrons. The summed E-state index contributed by atoms with van der Waals surface area (Å²) in [6.07, 6.45) is 0.848. The number of aliphatic carboxylic acids is 1. The highest BCUT2D eigenvalue weighted by Gasteiger charge is 2.18. The number of aryl methyl sites for hydroxylation is 1. The maximum Gasteiger partial charge on any atom is 0.303 e. The Morgan fingerprint density at radius 2 is 1.83 bits per heavy atom. The van der Waals surface area contributed by atoms with Crippen LogP contribution < -0.4 is 0 Å². The number of hydrogen-bond donors (Lipinski definition) is 1. The summed E-state index contributed by atoms with van der Waals surface area (Å²) in [6, 6.07) is 4.42. The van der Waals surface area contributed by atoms with Crippen LogP contribution in [0.25, 0.3) is 0 Å². The van der Waals surface area contributed by atoms with E-state index < -0.39 is 5.97 Å². The predicted molar refractivity (Wildman–Crippen MR) is 74.0 cm³/mol. The summed E-state index contributed by atoms with van der Waals surface area (Å²) >= 11 is 0. The van der Waals surface area contributed by atoms with Gasteiger partial charge in [0, 0.05) is 12.5 Å². The Morgan fingerprint density at radius 3 is 2.33 bits per heavy atom. The normalized spacial score (nSPS) is 12.8. The second-order valence-electron chi connectivity index (χ2n) is 5.13. The summed E-state index contributed by atoms with van der Waals surface area (Å²) in [5.74, 6) is -0.733. The third kappa shape index (κ3) is 3.33. The van der Waals surface area contributed by atoms with Gasteiger partial charge in [-0.05, 0) is 63.5 Å². The van der Waals surface area contributed by atoms with E-state index in [0.29, 0.717) is 6.42 Å². The van der Waals surface area contributed by atoms with Crippen molar-refractivity contribution in [1.29, 1.82) is 0 Å². The van der Waals surface area contributed by atoms with E-state index in [1.54, 1.807) is 0 Å². The Labute approximate surface area is 109 Å². The van der Waals surface area contributed by atoms with Crippen molar-refractivity contribution in [3.05, 3.63) is 34.4 Å². The van der Waals surface area contributed by atoms with Gasteiger partial charge >= 0.3 is 5.97 Å². The van der Waals surface area contributed by atoms with Crippen molar-refractivity contribution in [3.8, 4) is 0 Å². The summed E-state index contributed by atoms with van der Waals surface area (Å²) < 4.78 is 0. The van der Waals surface area contributed by atoms with Crippen LogP contribution in [0, 0.1) is 20.8 Å². The molecule has 1 rings (SSSR count). The molecule has 18 heavy (non-hydrogen) atoms. The van der Waals surface area contributed by atoms with Gasteiger partial charge < -0.3 is 10.0 Å². The van der Waals surface area contributed by atoms with Crippen LogP contribution in [-0.4, -0.2) is 30.1 Å². The van der Waals surface area contributed by atoms with Crippen molar-refractivity contribution in [2.24, 2.45) is 0 Å². The van der Waals surface area contributed by atoms with Crippen LogP contribution in [0.1, 0.15) is 41.1 Å². The molecule has 100 valence electrons. The quantitative estimate of drug-likeness (QED) is 0.871. The summed E-state index contributed by atoms with van der Waals surface area (Å²) in [5.41, 5.74) is 5.10. The van der Waals surface area contributed by atoms with Crippen molar-refractivity contribution in [2.75, 3.05) is 14.1 Å². The van der Waals surface area contributed by atoms with Crippen LogP contribution in [0.3, 0.4) is 0 Å². The smallest absolute Gasteiger partial charge is 0.303 e. The molecule has 0 saturated heterocycles. The van der Waals surface area contributed by atoms with Crippen molar-refractivity contribution in [1.82, 2.24) is 4.90 Å². The highest BCUT2D eigenvalue weighted by atomic mass is 16.4. The van der Waals surface area contributed by atoms with Crippen LogP contribution >= 0.6 is 0 Å². The lowest BCUT2D eigenvalue weighted by atomic mass is 9.91. The zero-order valence-electron chi connectivity index (χ0n) is 11.9. The minimum atomic E-state index is -0.733. The van der Waals surface area contributed by atoms with Gasteiger partial charge in [0.15, 0.2) is 0 Å². The van der Waals surface area contributed by atoms with Crippen LogP contribution in [0.5, 0.6) is 0 Å².